The standard InChI is InChI=1S/C29H24N6O2/c1-18-24(27-30-16-7-17-34(27)33-18)28(36)31-19(2)26-32-23-11-6-8-21(15-14-20-12-13-20)25(23)29(37)35(26)22-9-4-3-5-10-22/h3-11,16-17,19-20H,12-13H2,1-2H3,(H,31,36)/t19-/m1/s1. The van der Waals surface area contributed by atoms with Crippen LogP contribution in [-0.2, 0) is 0 Å². The fraction of sp³-hybridized carbons (Fsp3) is 0.207. The molecule has 0 bridgehead atoms. The van der Waals surface area contributed by atoms with E-state index in [9.17, 15) is 9.59 Å². The van der Waals surface area contributed by atoms with Crippen molar-refractivity contribution in [1.29, 1.82) is 0 Å². The molecule has 37 heavy (non-hydrogen) atoms. The summed E-state index contributed by atoms with van der Waals surface area (Å²) in [6.45, 7) is 3.59. The van der Waals surface area contributed by atoms with Crippen LogP contribution in [0.5, 0.6) is 0 Å². The molecular weight excluding hydrogens is 464 g/mol. The number of aromatic nitrogens is 5. The topological polar surface area (TPSA) is 94.2 Å². The lowest BCUT2D eigenvalue weighted by Gasteiger charge is -2.20. The van der Waals surface area contributed by atoms with Crippen LogP contribution in [0.25, 0.3) is 22.2 Å². The Bertz CT molecular complexity index is 1790. The second kappa shape index (κ2) is 9.03. The van der Waals surface area contributed by atoms with Crippen molar-refractivity contribution in [2.45, 2.75) is 32.7 Å². The van der Waals surface area contributed by atoms with E-state index in [2.05, 4.69) is 27.2 Å². The minimum absolute atomic E-state index is 0.221. The van der Waals surface area contributed by atoms with Gasteiger partial charge in [-0.2, -0.15) is 5.10 Å². The molecule has 6 rings (SSSR count). The molecule has 0 spiro atoms. The van der Waals surface area contributed by atoms with Crippen molar-refractivity contribution in [2.75, 3.05) is 0 Å². The van der Waals surface area contributed by atoms with Gasteiger partial charge in [0.2, 0.25) is 0 Å². The first kappa shape index (κ1) is 22.7. The molecule has 1 fully saturated rings. The molecule has 182 valence electrons. The van der Waals surface area contributed by atoms with Gasteiger partial charge in [-0.15, -0.1) is 0 Å². The Hall–Kier alpha value is -4.77. The smallest absolute Gasteiger partial charge is 0.267 e. The highest BCUT2D eigenvalue weighted by atomic mass is 16.2. The molecule has 1 aliphatic rings. The molecule has 3 aromatic heterocycles. The molecule has 0 aliphatic heterocycles. The highest BCUT2D eigenvalue weighted by Crippen LogP contribution is 2.28. The SMILES string of the molecule is Cc1nn2cccnc2c1C(=O)N[C@H](C)c1nc2cccc(C#CC3CC3)c2c(=O)n1-c1ccccc1. The molecule has 3 heterocycles. The van der Waals surface area contributed by atoms with Gasteiger partial charge in [0.1, 0.15) is 11.4 Å². The second-order valence-electron chi connectivity index (χ2n) is 9.23. The maximum Gasteiger partial charge on any atom is 0.267 e. The lowest BCUT2D eigenvalue weighted by Crippen LogP contribution is -2.33. The Morgan fingerprint density at radius 1 is 1.11 bits per heavy atom. The minimum atomic E-state index is -0.593. The second-order valence-corrected chi connectivity index (χ2v) is 9.23. The van der Waals surface area contributed by atoms with Crippen molar-refractivity contribution in [3.63, 3.8) is 0 Å². The van der Waals surface area contributed by atoms with Gasteiger partial charge in [0.05, 0.1) is 28.3 Å². The van der Waals surface area contributed by atoms with Crippen molar-refractivity contribution in [3.8, 4) is 17.5 Å². The molecule has 1 atom stereocenters. The van der Waals surface area contributed by atoms with Crippen LogP contribution in [0.3, 0.4) is 0 Å². The third-order valence-electron chi connectivity index (χ3n) is 6.46. The summed E-state index contributed by atoms with van der Waals surface area (Å²) in [7, 11) is 0. The third-order valence-corrected chi connectivity index (χ3v) is 6.46. The Morgan fingerprint density at radius 2 is 1.92 bits per heavy atom. The number of fused-ring (bicyclic) bond motifs is 2. The number of para-hydroxylation sites is 1. The predicted octanol–water partition coefficient (Wildman–Crippen LogP) is 3.99. The normalized spacial score (nSPS) is 13.8. The first-order valence-corrected chi connectivity index (χ1v) is 12.2. The summed E-state index contributed by atoms with van der Waals surface area (Å²) in [5, 5.41) is 7.88. The van der Waals surface area contributed by atoms with Gasteiger partial charge in [0.15, 0.2) is 5.65 Å². The van der Waals surface area contributed by atoms with Gasteiger partial charge in [0.25, 0.3) is 11.5 Å². The summed E-state index contributed by atoms with van der Waals surface area (Å²) in [6, 6.07) is 16.0. The summed E-state index contributed by atoms with van der Waals surface area (Å²) >= 11 is 0. The van der Waals surface area contributed by atoms with Crippen LogP contribution in [0.4, 0.5) is 0 Å². The van der Waals surface area contributed by atoms with Crippen molar-refractivity contribution in [2.24, 2.45) is 5.92 Å². The highest BCUT2D eigenvalue weighted by Gasteiger charge is 2.24. The van der Waals surface area contributed by atoms with Crippen LogP contribution in [0, 0.1) is 24.7 Å². The summed E-state index contributed by atoms with van der Waals surface area (Å²) < 4.78 is 3.14. The molecule has 8 heteroatoms. The fourth-order valence-electron chi connectivity index (χ4n) is 4.47. The molecule has 1 amide bonds. The van der Waals surface area contributed by atoms with Crippen molar-refractivity contribution < 1.29 is 4.79 Å². The number of hydrogen-bond acceptors (Lipinski definition) is 5. The number of nitrogens with one attached hydrogen (secondary N) is 1. The van der Waals surface area contributed by atoms with Gasteiger partial charge in [-0.1, -0.05) is 36.1 Å². The molecule has 8 nitrogen and oxygen atoms in total. The predicted molar refractivity (Wildman–Crippen MR) is 141 cm³/mol. The summed E-state index contributed by atoms with van der Waals surface area (Å²) in [4.78, 5) is 36.6. The van der Waals surface area contributed by atoms with E-state index in [1.54, 1.807) is 34.5 Å². The zero-order valence-electron chi connectivity index (χ0n) is 20.5. The maximum absolute atomic E-state index is 14.0. The number of aryl methyl sites for hydroxylation is 1. The summed E-state index contributed by atoms with van der Waals surface area (Å²) in [5.41, 5.74) is 3.08. The first-order chi connectivity index (χ1) is 18.0. The molecule has 2 aromatic carbocycles. The van der Waals surface area contributed by atoms with E-state index in [1.165, 1.54) is 0 Å². The minimum Gasteiger partial charge on any atom is -0.342 e. The van der Waals surface area contributed by atoms with Crippen molar-refractivity contribution in [3.05, 3.63) is 100.0 Å². The van der Waals surface area contributed by atoms with Crippen LogP contribution in [0.15, 0.2) is 71.8 Å². The Balaban J connectivity index is 1.48. The molecule has 0 unspecified atom stereocenters. The van der Waals surface area contributed by atoms with Crippen LogP contribution in [0.1, 0.15) is 53.2 Å². The zero-order valence-corrected chi connectivity index (χ0v) is 20.5. The molecule has 1 saturated carbocycles. The number of carbonyl (C=O) groups is 1. The summed E-state index contributed by atoms with van der Waals surface area (Å²) in [5.74, 6) is 6.95. The zero-order chi connectivity index (χ0) is 25.5. The largest absolute Gasteiger partial charge is 0.342 e. The molecule has 1 aliphatic carbocycles. The van der Waals surface area contributed by atoms with E-state index in [0.29, 0.717) is 50.8 Å². The number of amides is 1. The Kier molecular flexibility index (Phi) is 5.53. The van der Waals surface area contributed by atoms with Crippen molar-refractivity contribution in [1.82, 2.24) is 29.5 Å². The fourth-order valence-corrected chi connectivity index (χ4v) is 4.47. The third kappa shape index (κ3) is 4.15. The van der Waals surface area contributed by atoms with Gasteiger partial charge in [-0.3, -0.25) is 14.2 Å². The van der Waals surface area contributed by atoms with Gasteiger partial charge in [-0.25, -0.2) is 14.5 Å². The number of benzene rings is 2. The van der Waals surface area contributed by atoms with Gasteiger partial charge in [-0.05, 0) is 57.0 Å². The lowest BCUT2D eigenvalue weighted by molar-refractivity contribution is 0.0938. The number of nitrogens with zero attached hydrogens (tertiary/aromatic N) is 5. The van der Waals surface area contributed by atoms with E-state index >= 15 is 0 Å². The molecule has 5 aromatic rings. The first-order valence-electron chi connectivity index (χ1n) is 12.2. The average Bonchev–Trinajstić information content (AvgIpc) is 3.67. The number of rotatable bonds is 4. The van der Waals surface area contributed by atoms with Crippen LogP contribution in [-0.4, -0.2) is 30.1 Å². The van der Waals surface area contributed by atoms with E-state index in [1.807, 2.05) is 55.5 Å². The monoisotopic (exact) mass is 488 g/mol. The van der Waals surface area contributed by atoms with E-state index < -0.39 is 6.04 Å². The lowest BCUT2D eigenvalue weighted by atomic mass is 10.1. The van der Waals surface area contributed by atoms with E-state index in [-0.39, 0.29) is 11.5 Å². The molecule has 1 N–H and O–H groups in total. The van der Waals surface area contributed by atoms with Gasteiger partial charge >= 0.3 is 0 Å². The highest BCUT2D eigenvalue weighted by molar-refractivity contribution is 6.01. The Morgan fingerprint density at radius 3 is 2.70 bits per heavy atom. The van der Waals surface area contributed by atoms with Crippen LogP contribution in [0.2, 0.25) is 0 Å². The van der Waals surface area contributed by atoms with Crippen LogP contribution < -0.4 is 10.9 Å². The average molecular weight is 489 g/mol. The van der Waals surface area contributed by atoms with E-state index in [0.717, 1.165) is 12.8 Å². The number of hydrogen-bond donors (Lipinski definition) is 1. The maximum atomic E-state index is 14.0. The summed E-state index contributed by atoms with van der Waals surface area (Å²) in [6.07, 6.45) is 5.58. The number of carbonyl (C=O) groups excluding carboxylic acids is 1. The molecule has 0 radical (unpaired) electrons. The van der Waals surface area contributed by atoms with Crippen molar-refractivity contribution >= 4 is 22.5 Å². The van der Waals surface area contributed by atoms with E-state index in [4.69, 9.17) is 4.98 Å². The quantitative estimate of drug-likeness (QED) is 0.386. The van der Waals surface area contributed by atoms with Crippen LogP contribution >= 0.6 is 0 Å². The van der Waals surface area contributed by atoms with Gasteiger partial charge < -0.3 is 5.32 Å². The van der Waals surface area contributed by atoms with Gasteiger partial charge in [0, 0.05) is 23.9 Å². The Labute approximate surface area is 213 Å². The molecular formula is C29H24N6O2. The molecule has 0 saturated heterocycles.